The van der Waals surface area contributed by atoms with E-state index in [1.165, 1.54) is 0 Å². The first kappa shape index (κ1) is 17.5. The predicted molar refractivity (Wildman–Crippen MR) is 86.8 cm³/mol. The van der Waals surface area contributed by atoms with E-state index in [1.807, 2.05) is 35.0 Å². The molecule has 7 heteroatoms. The van der Waals surface area contributed by atoms with Crippen LogP contribution < -0.4 is 10.6 Å². The quantitative estimate of drug-likeness (QED) is 0.897. The minimum atomic E-state index is -0.0101. The van der Waals surface area contributed by atoms with E-state index in [4.69, 9.17) is 0 Å². The van der Waals surface area contributed by atoms with Crippen molar-refractivity contribution in [2.75, 3.05) is 19.6 Å². The minimum absolute atomic E-state index is 0. The van der Waals surface area contributed by atoms with E-state index in [9.17, 15) is 4.79 Å². The Morgan fingerprint density at radius 2 is 2.00 bits per heavy atom. The fraction of sp³-hybridized carbons (Fsp3) is 0.286. The molecule has 5 nitrogen and oxygen atoms in total. The largest absolute Gasteiger partial charge is 0.352 e. The van der Waals surface area contributed by atoms with Crippen molar-refractivity contribution < 1.29 is 4.79 Å². The molecule has 1 amide bonds. The molecule has 1 aliphatic heterocycles. The summed E-state index contributed by atoms with van der Waals surface area (Å²) < 4.78 is 1.90. The van der Waals surface area contributed by atoms with Crippen molar-refractivity contribution in [1.29, 1.82) is 0 Å². The van der Waals surface area contributed by atoms with Crippen molar-refractivity contribution in [1.82, 2.24) is 20.2 Å². The van der Waals surface area contributed by atoms with E-state index in [-0.39, 0.29) is 30.7 Å². The summed E-state index contributed by atoms with van der Waals surface area (Å²) in [5.74, 6) is 0.568. The van der Waals surface area contributed by atoms with Crippen LogP contribution in [0.5, 0.6) is 0 Å². The first-order valence-electron chi connectivity index (χ1n) is 6.40. The van der Waals surface area contributed by atoms with Gasteiger partial charge < -0.3 is 15.2 Å². The van der Waals surface area contributed by atoms with Crippen LogP contribution in [0.2, 0.25) is 0 Å². The summed E-state index contributed by atoms with van der Waals surface area (Å²) in [6.45, 7) is 2.74. The molecule has 0 unspecified atom stereocenters. The van der Waals surface area contributed by atoms with Gasteiger partial charge in [0, 0.05) is 49.2 Å². The highest BCUT2D eigenvalue weighted by atomic mass is 35.5. The Bertz CT molecular complexity index is 553. The van der Waals surface area contributed by atoms with Gasteiger partial charge >= 0.3 is 0 Å². The molecular weight excluding hydrogens is 311 g/mol. The molecule has 0 aliphatic carbocycles. The SMILES string of the molecule is Cl.Cl.O=C(NCC1CNC1)c1ccc(-n2ccnc2)cc1. The van der Waals surface area contributed by atoms with Crippen molar-refractivity contribution in [3.05, 3.63) is 48.5 Å². The monoisotopic (exact) mass is 328 g/mol. The van der Waals surface area contributed by atoms with E-state index in [0.717, 1.165) is 25.3 Å². The Morgan fingerprint density at radius 1 is 1.29 bits per heavy atom. The first-order valence-corrected chi connectivity index (χ1v) is 6.40. The Morgan fingerprint density at radius 3 is 2.52 bits per heavy atom. The fourth-order valence-electron chi connectivity index (χ4n) is 2.03. The lowest BCUT2D eigenvalue weighted by molar-refractivity contribution is 0.0942. The van der Waals surface area contributed by atoms with Crippen LogP contribution in [0.3, 0.4) is 0 Å². The molecule has 1 fully saturated rings. The average molecular weight is 329 g/mol. The smallest absolute Gasteiger partial charge is 0.251 e. The maximum Gasteiger partial charge on any atom is 0.251 e. The van der Waals surface area contributed by atoms with Gasteiger partial charge in [-0.1, -0.05) is 0 Å². The second-order valence-electron chi connectivity index (χ2n) is 4.75. The van der Waals surface area contributed by atoms with Crippen LogP contribution in [-0.4, -0.2) is 35.1 Å². The predicted octanol–water partition coefficient (Wildman–Crippen LogP) is 1.67. The number of nitrogens with one attached hydrogen (secondary N) is 2. The number of hydrogen-bond donors (Lipinski definition) is 2. The molecule has 0 radical (unpaired) electrons. The first-order chi connectivity index (χ1) is 9.33. The molecule has 1 aromatic carbocycles. The van der Waals surface area contributed by atoms with Crippen molar-refractivity contribution in [3.8, 4) is 5.69 Å². The molecule has 1 aliphatic rings. The molecule has 114 valence electrons. The molecule has 1 aromatic heterocycles. The number of imidazole rings is 1. The van der Waals surface area contributed by atoms with Gasteiger partial charge in [-0.2, -0.15) is 0 Å². The summed E-state index contributed by atoms with van der Waals surface area (Å²) in [5.41, 5.74) is 1.69. The number of carbonyl (C=O) groups is 1. The van der Waals surface area contributed by atoms with Crippen LogP contribution in [0.1, 0.15) is 10.4 Å². The number of carbonyl (C=O) groups excluding carboxylic acids is 1. The zero-order chi connectivity index (χ0) is 13.1. The maximum atomic E-state index is 11.9. The summed E-state index contributed by atoms with van der Waals surface area (Å²) in [6.07, 6.45) is 5.34. The van der Waals surface area contributed by atoms with E-state index < -0.39 is 0 Å². The highest BCUT2D eigenvalue weighted by molar-refractivity contribution is 5.94. The van der Waals surface area contributed by atoms with E-state index in [0.29, 0.717) is 11.5 Å². The number of hydrogen-bond acceptors (Lipinski definition) is 3. The third-order valence-electron chi connectivity index (χ3n) is 3.35. The van der Waals surface area contributed by atoms with Crippen molar-refractivity contribution in [3.63, 3.8) is 0 Å². The molecule has 2 heterocycles. The van der Waals surface area contributed by atoms with Gasteiger partial charge in [-0.15, -0.1) is 24.8 Å². The Labute approximate surface area is 136 Å². The van der Waals surface area contributed by atoms with Gasteiger partial charge in [-0.25, -0.2) is 4.98 Å². The van der Waals surface area contributed by atoms with Crippen molar-refractivity contribution in [2.45, 2.75) is 0 Å². The van der Waals surface area contributed by atoms with E-state index >= 15 is 0 Å². The highest BCUT2D eigenvalue weighted by Crippen LogP contribution is 2.09. The minimum Gasteiger partial charge on any atom is -0.352 e. The molecule has 3 rings (SSSR count). The van der Waals surface area contributed by atoms with Gasteiger partial charge in [0.15, 0.2) is 0 Å². The molecule has 2 aromatic rings. The van der Waals surface area contributed by atoms with Crippen molar-refractivity contribution in [2.24, 2.45) is 5.92 Å². The maximum absolute atomic E-state index is 11.9. The molecular formula is C14H18Cl2N4O. The molecule has 1 saturated heterocycles. The summed E-state index contributed by atoms with van der Waals surface area (Å²) in [7, 11) is 0. The number of nitrogens with zero attached hydrogens (tertiary/aromatic N) is 2. The lowest BCUT2D eigenvalue weighted by Gasteiger charge is -2.27. The molecule has 0 atom stereocenters. The molecule has 0 bridgehead atoms. The number of amides is 1. The normalized spacial score (nSPS) is 13.5. The zero-order valence-electron chi connectivity index (χ0n) is 11.4. The number of halogens is 2. The summed E-state index contributed by atoms with van der Waals surface area (Å²) in [6, 6.07) is 7.51. The van der Waals surface area contributed by atoms with Crippen LogP contribution in [-0.2, 0) is 0 Å². The van der Waals surface area contributed by atoms with Gasteiger partial charge in [-0.3, -0.25) is 4.79 Å². The number of benzene rings is 1. The lowest BCUT2D eigenvalue weighted by atomic mass is 10.0. The van der Waals surface area contributed by atoms with Crippen LogP contribution >= 0.6 is 24.8 Å². The second-order valence-corrected chi connectivity index (χ2v) is 4.75. The van der Waals surface area contributed by atoms with Gasteiger partial charge in [0.05, 0.1) is 6.33 Å². The standard InChI is InChI=1S/C14H16N4O.2ClH/c19-14(17-9-11-7-16-8-11)12-1-3-13(4-2-12)18-6-5-15-10-18;;/h1-6,10-11,16H,7-9H2,(H,17,19);2*1H. The summed E-state index contributed by atoms with van der Waals surface area (Å²) in [5, 5.41) is 6.14. The van der Waals surface area contributed by atoms with Crippen LogP contribution in [0, 0.1) is 5.92 Å². The number of aromatic nitrogens is 2. The molecule has 2 N–H and O–H groups in total. The van der Waals surface area contributed by atoms with E-state index in [1.54, 1.807) is 12.5 Å². The third kappa shape index (κ3) is 4.20. The van der Waals surface area contributed by atoms with Gasteiger partial charge in [0.25, 0.3) is 5.91 Å². The van der Waals surface area contributed by atoms with E-state index in [2.05, 4.69) is 15.6 Å². The van der Waals surface area contributed by atoms with Gasteiger partial charge in [-0.05, 0) is 24.3 Å². The Kier molecular flexibility index (Phi) is 6.68. The zero-order valence-corrected chi connectivity index (χ0v) is 13.0. The van der Waals surface area contributed by atoms with Gasteiger partial charge in [0.1, 0.15) is 0 Å². The average Bonchev–Trinajstić information content (AvgIpc) is 2.91. The fourth-order valence-corrected chi connectivity index (χ4v) is 2.03. The van der Waals surface area contributed by atoms with Crippen molar-refractivity contribution >= 4 is 30.7 Å². The Hall–Kier alpha value is -1.56. The highest BCUT2D eigenvalue weighted by Gasteiger charge is 2.17. The summed E-state index contributed by atoms with van der Waals surface area (Å²) in [4.78, 5) is 15.9. The van der Waals surface area contributed by atoms with Gasteiger partial charge in [0.2, 0.25) is 0 Å². The number of rotatable bonds is 4. The van der Waals surface area contributed by atoms with Crippen LogP contribution in [0.25, 0.3) is 5.69 Å². The lowest BCUT2D eigenvalue weighted by Crippen LogP contribution is -2.48. The topological polar surface area (TPSA) is 59.0 Å². The second kappa shape index (κ2) is 8.02. The molecule has 0 saturated carbocycles. The summed E-state index contributed by atoms with van der Waals surface area (Å²) >= 11 is 0. The van der Waals surface area contributed by atoms with Crippen LogP contribution in [0.15, 0.2) is 43.0 Å². The molecule has 0 spiro atoms. The Balaban J connectivity index is 0.00000110. The molecule has 21 heavy (non-hydrogen) atoms. The third-order valence-corrected chi connectivity index (χ3v) is 3.35. The van der Waals surface area contributed by atoms with Crippen LogP contribution in [0.4, 0.5) is 0 Å².